The molecule has 3 rings (SSSR count). The summed E-state index contributed by atoms with van der Waals surface area (Å²) >= 11 is 12.3. The zero-order valence-electron chi connectivity index (χ0n) is 11.3. The Balaban J connectivity index is 1.76. The third-order valence-corrected chi connectivity index (χ3v) is 4.73. The third kappa shape index (κ3) is 2.80. The maximum atomic E-state index is 12.5. The molecule has 0 saturated carbocycles. The monoisotopic (exact) mass is 312 g/mol. The van der Waals surface area contributed by atoms with Crippen molar-refractivity contribution in [2.24, 2.45) is 0 Å². The smallest absolute Gasteiger partial charge is 0.240 e. The van der Waals surface area contributed by atoms with Crippen molar-refractivity contribution in [1.82, 2.24) is 10.2 Å². The van der Waals surface area contributed by atoms with E-state index < -0.39 is 0 Å². The van der Waals surface area contributed by atoms with Gasteiger partial charge in [0.15, 0.2) is 0 Å². The summed E-state index contributed by atoms with van der Waals surface area (Å²) < 4.78 is 0. The Labute approximate surface area is 129 Å². The van der Waals surface area contributed by atoms with Crippen LogP contribution >= 0.6 is 23.2 Å². The molecule has 2 aliphatic heterocycles. The Morgan fingerprint density at radius 2 is 2.15 bits per heavy atom. The maximum absolute atomic E-state index is 12.5. The number of hydrogen-bond acceptors (Lipinski definition) is 2. The van der Waals surface area contributed by atoms with E-state index in [1.165, 1.54) is 5.56 Å². The molecule has 2 heterocycles. The number of amides is 1. The normalized spacial score (nSPS) is 22.5. The second-order valence-corrected chi connectivity index (χ2v) is 6.38. The lowest BCUT2D eigenvalue weighted by Gasteiger charge is -2.34. The molecule has 1 unspecified atom stereocenters. The van der Waals surface area contributed by atoms with Crippen LogP contribution in [0.15, 0.2) is 12.1 Å². The van der Waals surface area contributed by atoms with Crippen LogP contribution in [0.2, 0.25) is 10.0 Å². The number of carbonyl (C=O) groups excluding carboxylic acids is 1. The molecule has 1 aromatic rings. The molecular formula is C15H18Cl2N2O. The van der Waals surface area contributed by atoms with Gasteiger partial charge in [-0.25, -0.2) is 0 Å². The minimum absolute atomic E-state index is 0.0172. The van der Waals surface area contributed by atoms with Crippen LogP contribution in [0.1, 0.15) is 30.4 Å². The lowest BCUT2D eigenvalue weighted by molar-refractivity contribution is -0.135. The van der Waals surface area contributed by atoms with E-state index in [1.807, 2.05) is 11.0 Å². The first kappa shape index (κ1) is 14.2. The fourth-order valence-corrected chi connectivity index (χ4v) is 3.65. The van der Waals surface area contributed by atoms with E-state index in [4.69, 9.17) is 23.2 Å². The molecule has 108 valence electrons. The van der Waals surface area contributed by atoms with Crippen molar-refractivity contribution in [1.29, 1.82) is 0 Å². The number of nitrogens with zero attached hydrogens (tertiary/aromatic N) is 1. The summed E-state index contributed by atoms with van der Waals surface area (Å²) in [6.07, 6.45) is 4.06. The van der Waals surface area contributed by atoms with E-state index in [0.29, 0.717) is 16.6 Å². The lowest BCUT2D eigenvalue weighted by Crippen LogP contribution is -2.49. The molecule has 0 aliphatic carbocycles. The Kier molecular flexibility index (Phi) is 4.20. The summed E-state index contributed by atoms with van der Waals surface area (Å²) in [6.45, 7) is 2.29. The van der Waals surface area contributed by atoms with Crippen LogP contribution in [-0.4, -0.2) is 29.9 Å². The minimum Gasteiger partial charge on any atom is -0.337 e. The summed E-state index contributed by atoms with van der Waals surface area (Å²) in [5.74, 6) is 0.210. The minimum atomic E-state index is -0.0172. The van der Waals surface area contributed by atoms with Crippen molar-refractivity contribution in [2.45, 2.75) is 38.3 Å². The van der Waals surface area contributed by atoms with Crippen molar-refractivity contribution in [3.8, 4) is 0 Å². The maximum Gasteiger partial charge on any atom is 0.240 e. The molecule has 0 spiro atoms. The first-order chi connectivity index (χ1) is 9.65. The molecule has 2 aliphatic rings. The summed E-state index contributed by atoms with van der Waals surface area (Å²) in [5, 5.41) is 4.66. The van der Waals surface area contributed by atoms with Crippen LogP contribution in [0.25, 0.3) is 0 Å². The predicted molar refractivity (Wildman–Crippen MR) is 81.2 cm³/mol. The van der Waals surface area contributed by atoms with Gasteiger partial charge in [0.25, 0.3) is 0 Å². The molecule has 1 amide bonds. The van der Waals surface area contributed by atoms with Crippen LogP contribution in [0.3, 0.4) is 0 Å². The van der Waals surface area contributed by atoms with Crippen LogP contribution in [0.4, 0.5) is 0 Å². The molecule has 0 bridgehead atoms. The highest BCUT2D eigenvalue weighted by Gasteiger charge is 2.29. The number of rotatable bonds is 1. The number of piperidine rings is 1. The fraction of sp³-hybridized carbons (Fsp3) is 0.533. The molecule has 0 aromatic heterocycles. The van der Waals surface area contributed by atoms with Gasteiger partial charge in [0.1, 0.15) is 0 Å². The molecule has 20 heavy (non-hydrogen) atoms. The van der Waals surface area contributed by atoms with E-state index in [1.54, 1.807) is 6.07 Å². The van der Waals surface area contributed by atoms with E-state index >= 15 is 0 Å². The number of nitrogens with one attached hydrogen (secondary N) is 1. The summed E-state index contributed by atoms with van der Waals surface area (Å²) in [4.78, 5) is 14.5. The quantitative estimate of drug-likeness (QED) is 0.864. The zero-order chi connectivity index (χ0) is 14.1. The molecule has 1 atom stereocenters. The van der Waals surface area contributed by atoms with Gasteiger partial charge >= 0.3 is 0 Å². The first-order valence-corrected chi connectivity index (χ1v) is 7.90. The van der Waals surface area contributed by atoms with E-state index in [9.17, 15) is 4.79 Å². The van der Waals surface area contributed by atoms with Gasteiger partial charge in [-0.15, -0.1) is 0 Å². The Morgan fingerprint density at radius 1 is 1.30 bits per heavy atom. The van der Waals surface area contributed by atoms with E-state index in [0.717, 1.165) is 44.3 Å². The third-order valence-electron chi connectivity index (χ3n) is 4.17. The summed E-state index contributed by atoms with van der Waals surface area (Å²) in [7, 11) is 0. The van der Waals surface area contributed by atoms with Crippen molar-refractivity contribution in [3.05, 3.63) is 33.3 Å². The fourth-order valence-electron chi connectivity index (χ4n) is 3.05. The van der Waals surface area contributed by atoms with Crippen molar-refractivity contribution in [3.63, 3.8) is 0 Å². The average Bonchev–Trinajstić information content (AvgIpc) is 2.47. The van der Waals surface area contributed by atoms with Crippen molar-refractivity contribution >= 4 is 29.1 Å². The highest BCUT2D eigenvalue weighted by Crippen LogP contribution is 2.30. The zero-order valence-corrected chi connectivity index (χ0v) is 12.8. The molecule has 1 N–H and O–H groups in total. The standard InChI is InChI=1S/C15H18Cl2N2O/c16-11-7-10-4-6-19(9-12(10)13(17)8-11)15(20)14-3-1-2-5-18-14/h7-8,14,18H,1-6,9H2. The molecule has 0 radical (unpaired) electrons. The number of carbonyl (C=O) groups is 1. The van der Waals surface area contributed by atoms with Gasteiger partial charge in [0.05, 0.1) is 6.04 Å². The second kappa shape index (κ2) is 5.92. The number of hydrogen-bond donors (Lipinski definition) is 1. The molecule has 5 heteroatoms. The highest BCUT2D eigenvalue weighted by atomic mass is 35.5. The highest BCUT2D eigenvalue weighted by molar-refractivity contribution is 6.35. The molecule has 1 fully saturated rings. The largest absolute Gasteiger partial charge is 0.337 e. The van der Waals surface area contributed by atoms with Crippen molar-refractivity contribution in [2.75, 3.05) is 13.1 Å². The molecular weight excluding hydrogens is 295 g/mol. The predicted octanol–water partition coefficient (Wildman–Crippen LogP) is 3.02. The van der Waals surface area contributed by atoms with Gasteiger partial charge in [0.2, 0.25) is 5.91 Å². The molecule has 1 saturated heterocycles. The second-order valence-electron chi connectivity index (χ2n) is 5.54. The molecule has 3 nitrogen and oxygen atoms in total. The van der Waals surface area contributed by atoms with Gasteiger partial charge in [-0.2, -0.15) is 0 Å². The number of halogens is 2. The lowest BCUT2D eigenvalue weighted by atomic mass is 9.97. The van der Waals surface area contributed by atoms with Crippen LogP contribution in [0.5, 0.6) is 0 Å². The van der Waals surface area contributed by atoms with Gasteiger partial charge in [-0.3, -0.25) is 4.79 Å². The summed E-state index contributed by atoms with van der Waals surface area (Å²) in [5.41, 5.74) is 2.22. The topological polar surface area (TPSA) is 32.3 Å². The van der Waals surface area contributed by atoms with Crippen LogP contribution < -0.4 is 5.32 Å². The van der Waals surface area contributed by atoms with Crippen molar-refractivity contribution < 1.29 is 4.79 Å². The van der Waals surface area contributed by atoms with Crippen LogP contribution in [-0.2, 0) is 17.8 Å². The Bertz CT molecular complexity index is 527. The van der Waals surface area contributed by atoms with E-state index in [2.05, 4.69) is 5.32 Å². The Hall–Kier alpha value is -0.770. The van der Waals surface area contributed by atoms with Gasteiger partial charge in [-0.05, 0) is 49.1 Å². The Morgan fingerprint density at radius 3 is 2.90 bits per heavy atom. The molecule has 1 aromatic carbocycles. The van der Waals surface area contributed by atoms with E-state index in [-0.39, 0.29) is 11.9 Å². The average molecular weight is 313 g/mol. The summed E-state index contributed by atoms with van der Waals surface area (Å²) in [6, 6.07) is 3.70. The van der Waals surface area contributed by atoms with Gasteiger partial charge in [0, 0.05) is 23.1 Å². The first-order valence-electron chi connectivity index (χ1n) is 7.14. The van der Waals surface area contributed by atoms with Gasteiger partial charge < -0.3 is 10.2 Å². The number of benzene rings is 1. The van der Waals surface area contributed by atoms with Gasteiger partial charge in [-0.1, -0.05) is 29.6 Å². The van der Waals surface area contributed by atoms with Crippen LogP contribution in [0, 0.1) is 0 Å². The SMILES string of the molecule is O=C(C1CCCCN1)N1CCc2cc(Cl)cc(Cl)c2C1. The number of fused-ring (bicyclic) bond motifs is 1.